The van der Waals surface area contributed by atoms with E-state index in [1.165, 1.54) is 66.1 Å². The van der Waals surface area contributed by atoms with Gasteiger partial charge in [-0.2, -0.15) is 0 Å². The van der Waals surface area contributed by atoms with E-state index in [9.17, 15) is 10.2 Å². The lowest BCUT2D eigenvalue weighted by atomic mass is 9.67. The van der Waals surface area contributed by atoms with Crippen molar-refractivity contribution in [3.05, 3.63) is 191 Å². The molecule has 4 heteroatoms. The van der Waals surface area contributed by atoms with Crippen molar-refractivity contribution in [2.24, 2.45) is 0 Å². The fraction of sp³-hybridized carbons (Fsp3) is 0.137. The third-order valence-corrected chi connectivity index (χ3v) is 11.2. The van der Waals surface area contributed by atoms with Crippen LogP contribution in [0.25, 0.3) is 54.9 Å². The number of fused-ring (bicyclic) bond motifs is 5. The molecule has 55 heavy (non-hydrogen) atoms. The van der Waals surface area contributed by atoms with Crippen LogP contribution in [-0.2, 0) is 5.41 Å². The normalized spacial score (nSPS) is 12.8. The highest BCUT2D eigenvalue weighted by molar-refractivity contribution is 6.03. The third kappa shape index (κ3) is 5.77. The van der Waals surface area contributed by atoms with E-state index in [2.05, 4.69) is 159 Å². The quantitative estimate of drug-likeness (QED) is 0.148. The fourth-order valence-corrected chi connectivity index (χ4v) is 8.80. The molecule has 0 heterocycles. The Balaban J connectivity index is 1.40. The number of hydrogen-bond donors (Lipinski definition) is 2. The lowest BCUT2D eigenvalue weighted by Crippen LogP contribution is -2.29. The predicted molar refractivity (Wildman–Crippen MR) is 224 cm³/mol. The van der Waals surface area contributed by atoms with Crippen LogP contribution in [0.2, 0.25) is 0 Å². The van der Waals surface area contributed by atoms with E-state index >= 15 is 0 Å². The first-order chi connectivity index (χ1) is 27.0. The fourth-order valence-electron chi connectivity index (χ4n) is 8.80. The van der Waals surface area contributed by atoms with Gasteiger partial charge in [-0.25, -0.2) is 0 Å². The lowest BCUT2D eigenvalue weighted by Gasteiger charge is -2.35. The van der Waals surface area contributed by atoms with Crippen LogP contribution < -0.4 is 9.47 Å². The molecule has 8 aromatic rings. The molecule has 0 saturated carbocycles. The number of aliphatic hydroxyl groups is 2. The third-order valence-electron chi connectivity index (χ3n) is 11.2. The largest absolute Gasteiger partial charge is 0.491 e. The molecule has 0 fully saturated rings. The van der Waals surface area contributed by atoms with E-state index in [0.717, 1.165) is 33.8 Å². The second kappa shape index (κ2) is 14.2. The zero-order valence-corrected chi connectivity index (χ0v) is 31.1. The first-order valence-corrected chi connectivity index (χ1v) is 19.0. The molecule has 0 aromatic heterocycles. The molecule has 0 saturated heterocycles. The molecule has 0 aliphatic heterocycles. The molecule has 0 amide bonds. The van der Waals surface area contributed by atoms with Crippen LogP contribution in [0.5, 0.6) is 11.5 Å². The van der Waals surface area contributed by atoms with Gasteiger partial charge in [0, 0.05) is 0 Å². The van der Waals surface area contributed by atoms with Gasteiger partial charge in [0.15, 0.2) is 0 Å². The Bertz CT molecular complexity index is 2540. The molecule has 4 nitrogen and oxygen atoms in total. The van der Waals surface area contributed by atoms with Crippen LogP contribution >= 0.6 is 0 Å². The van der Waals surface area contributed by atoms with Crippen LogP contribution in [0.4, 0.5) is 0 Å². The number of rotatable bonds is 10. The highest BCUT2D eigenvalue weighted by Crippen LogP contribution is 2.61. The SMILES string of the molecule is Cc1cc(C2(c3ccc(OCCO)c(C)c3)c3cccc(-c4ccc5ccccc5c4)c3-c3c(-c4ccc5ccccc5c4)cccc32)ccc1OCCO. The second-order valence-electron chi connectivity index (χ2n) is 14.4. The van der Waals surface area contributed by atoms with Gasteiger partial charge in [-0.15, -0.1) is 0 Å². The van der Waals surface area contributed by atoms with Gasteiger partial charge in [0.05, 0.1) is 18.6 Å². The molecule has 0 bridgehead atoms. The van der Waals surface area contributed by atoms with Gasteiger partial charge in [0.25, 0.3) is 0 Å². The molecule has 0 atom stereocenters. The standard InChI is InChI=1S/C51H42O4/c1-33-29-41(21-23-47(33)54-27-25-52)51(42-22-24-48(34(2)30-42)55-28-26-53)45-15-7-13-43(39-19-17-35-9-3-5-11-37(35)31-39)49(45)50-44(14-8-16-46(50)51)40-20-18-36-10-4-6-12-38(36)32-40/h3-24,29-32,52-53H,25-28H2,1-2H3. The molecule has 0 unspecified atom stereocenters. The van der Waals surface area contributed by atoms with Gasteiger partial charge in [0.2, 0.25) is 0 Å². The molecule has 0 radical (unpaired) electrons. The summed E-state index contributed by atoms with van der Waals surface area (Å²) in [5.41, 5.74) is 13.0. The van der Waals surface area contributed by atoms with Crippen LogP contribution in [0.3, 0.4) is 0 Å². The summed E-state index contributed by atoms with van der Waals surface area (Å²) in [6, 6.07) is 57.2. The maximum absolute atomic E-state index is 9.56. The van der Waals surface area contributed by atoms with Crippen molar-refractivity contribution in [2.45, 2.75) is 19.3 Å². The van der Waals surface area contributed by atoms with Crippen molar-refractivity contribution in [2.75, 3.05) is 26.4 Å². The Morgan fingerprint density at radius 2 is 0.873 bits per heavy atom. The lowest BCUT2D eigenvalue weighted by molar-refractivity contribution is 0.200. The van der Waals surface area contributed by atoms with Gasteiger partial charge in [-0.3, -0.25) is 0 Å². The van der Waals surface area contributed by atoms with Crippen molar-refractivity contribution in [1.82, 2.24) is 0 Å². The Labute approximate surface area is 321 Å². The van der Waals surface area contributed by atoms with E-state index in [1.807, 2.05) is 12.1 Å². The Kier molecular flexibility index (Phi) is 8.94. The molecule has 0 spiro atoms. The maximum Gasteiger partial charge on any atom is 0.122 e. The predicted octanol–water partition coefficient (Wildman–Crippen LogP) is 11.0. The minimum atomic E-state index is -0.717. The number of aryl methyl sites for hydroxylation is 2. The zero-order valence-electron chi connectivity index (χ0n) is 31.1. The summed E-state index contributed by atoms with van der Waals surface area (Å²) in [6.07, 6.45) is 0. The summed E-state index contributed by atoms with van der Waals surface area (Å²) in [5.74, 6) is 1.51. The summed E-state index contributed by atoms with van der Waals surface area (Å²) >= 11 is 0. The van der Waals surface area contributed by atoms with Gasteiger partial charge >= 0.3 is 0 Å². The molecule has 2 N–H and O–H groups in total. The van der Waals surface area contributed by atoms with Gasteiger partial charge in [0.1, 0.15) is 24.7 Å². The van der Waals surface area contributed by atoms with E-state index < -0.39 is 5.41 Å². The number of aliphatic hydroxyl groups excluding tert-OH is 2. The Hall–Kier alpha value is -6.20. The summed E-state index contributed by atoms with van der Waals surface area (Å²) in [7, 11) is 0. The van der Waals surface area contributed by atoms with Crippen LogP contribution in [-0.4, -0.2) is 36.6 Å². The average Bonchev–Trinajstić information content (AvgIpc) is 3.54. The molecule has 270 valence electrons. The van der Waals surface area contributed by atoms with E-state index in [4.69, 9.17) is 9.47 Å². The minimum absolute atomic E-state index is 0.0506. The number of hydrogen-bond acceptors (Lipinski definition) is 4. The first kappa shape index (κ1) is 34.6. The minimum Gasteiger partial charge on any atom is -0.491 e. The van der Waals surface area contributed by atoms with Crippen molar-refractivity contribution in [3.8, 4) is 44.9 Å². The van der Waals surface area contributed by atoms with Crippen LogP contribution in [0.15, 0.2) is 158 Å². The first-order valence-electron chi connectivity index (χ1n) is 19.0. The zero-order chi connectivity index (χ0) is 37.5. The summed E-state index contributed by atoms with van der Waals surface area (Å²) < 4.78 is 12.0. The van der Waals surface area contributed by atoms with Crippen molar-refractivity contribution >= 4 is 21.5 Å². The highest BCUT2D eigenvalue weighted by atomic mass is 16.5. The molecular formula is C51H42O4. The van der Waals surface area contributed by atoms with Gasteiger partial charge < -0.3 is 19.7 Å². The molecule has 1 aliphatic carbocycles. The van der Waals surface area contributed by atoms with Crippen LogP contribution in [0.1, 0.15) is 33.4 Å². The Morgan fingerprint density at radius 1 is 0.436 bits per heavy atom. The van der Waals surface area contributed by atoms with Crippen molar-refractivity contribution < 1.29 is 19.7 Å². The van der Waals surface area contributed by atoms with Crippen molar-refractivity contribution in [1.29, 1.82) is 0 Å². The highest BCUT2D eigenvalue weighted by Gasteiger charge is 2.48. The van der Waals surface area contributed by atoms with Crippen molar-refractivity contribution in [3.63, 3.8) is 0 Å². The Morgan fingerprint density at radius 3 is 1.29 bits per heavy atom. The van der Waals surface area contributed by atoms with E-state index in [1.54, 1.807) is 0 Å². The number of ether oxygens (including phenoxy) is 2. The monoisotopic (exact) mass is 718 g/mol. The van der Waals surface area contributed by atoms with Crippen LogP contribution in [0, 0.1) is 13.8 Å². The van der Waals surface area contributed by atoms with Gasteiger partial charge in [-0.1, -0.05) is 133 Å². The second-order valence-corrected chi connectivity index (χ2v) is 14.4. The molecule has 9 rings (SSSR count). The molecule has 1 aliphatic rings. The average molecular weight is 719 g/mol. The smallest absolute Gasteiger partial charge is 0.122 e. The summed E-state index contributed by atoms with van der Waals surface area (Å²) in [5, 5.41) is 24.0. The van der Waals surface area contributed by atoms with E-state index in [0.29, 0.717) is 0 Å². The molecular weight excluding hydrogens is 677 g/mol. The summed E-state index contributed by atoms with van der Waals surface area (Å²) in [6.45, 7) is 4.52. The molecule has 8 aromatic carbocycles. The number of benzene rings is 8. The summed E-state index contributed by atoms with van der Waals surface area (Å²) in [4.78, 5) is 0. The maximum atomic E-state index is 9.56. The van der Waals surface area contributed by atoms with E-state index in [-0.39, 0.29) is 26.4 Å². The topological polar surface area (TPSA) is 58.9 Å². The van der Waals surface area contributed by atoms with Gasteiger partial charge in [-0.05, 0) is 126 Å².